The molecule has 1 aliphatic rings. The van der Waals surface area contributed by atoms with E-state index in [1.54, 1.807) is 0 Å². The highest BCUT2D eigenvalue weighted by Gasteiger charge is 2.20. The van der Waals surface area contributed by atoms with E-state index < -0.39 is 0 Å². The van der Waals surface area contributed by atoms with Crippen LogP contribution in [0.1, 0.15) is 48.0 Å². The molecule has 1 saturated carbocycles. The third kappa shape index (κ3) is 3.42. The van der Waals surface area contributed by atoms with Gasteiger partial charge in [0.25, 0.3) is 0 Å². The van der Waals surface area contributed by atoms with Crippen LogP contribution in [-0.2, 0) is 0 Å². The summed E-state index contributed by atoms with van der Waals surface area (Å²) in [5.41, 5.74) is 2.00. The molecule has 0 spiro atoms. The summed E-state index contributed by atoms with van der Waals surface area (Å²) in [5.74, 6) is 0.242. The predicted molar refractivity (Wildman–Crippen MR) is 75.0 cm³/mol. The van der Waals surface area contributed by atoms with E-state index in [-0.39, 0.29) is 5.78 Å². The molecule has 2 rings (SSSR count). The van der Waals surface area contributed by atoms with E-state index >= 15 is 0 Å². The highest BCUT2D eigenvalue weighted by Crippen LogP contribution is 2.21. The molecule has 1 aromatic rings. The first-order valence-electron chi connectivity index (χ1n) is 6.97. The van der Waals surface area contributed by atoms with Crippen LogP contribution in [0.4, 0.5) is 0 Å². The summed E-state index contributed by atoms with van der Waals surface area (Å²) < 4.78 is 0. The minimum absolute atomic E-state index is 0.242. The number of carbonyl (C=O) groups is 1. The van der Waals surface area contributed by atoms with Crippen molar-refractivity contribution < 1.29 is 4.79 Å². The van der Waals surface area contributed by atoms with E-state index in [0.717, 1.165) is 11.1 Å². The molecule has 0 N–H and O–H groups in total. The van der Waals surface area contributed by atoms with Gasteiger partial charge in [-0.15, -0.1) is 0 Å². The smallest absolute Gasteiger partial charge is 0.176 e. The molecule has 0 unspecified atom stereocenters. The molecular formula is C16H23NO. The molecule has 98 valence electrons. The first-order chi connectivity index (χ1) is 8.66. The normalized spacial score (nSPS) is 17.1. The number of ketones is 1. The number of hydrogen-bond donors (Lipinski definition) is 0. The topological polar surface area (TPSA) is 20.3 Å². The Balaban J connectivity index is 1.94. The van der Waals surface area contributed by atoms with Crippen molar-refractivity contribution in [2.24, 2.45) is 0 Å². The SMILES string of the molecule is Cc1cccc(C(=O)CN(C)C2CCCCC2)c1. The molecule has 0 bridgehead atoms. The van der Waals surface area contributed by atoms with Gasteiger partial charge < -0.3 is 0 Å². The second kappa shape index (κ2) is 6.14. The van der Waals surface area contributed by atoms with Gasteiger partial charge >= 0.3 is 0 Å². The number of rotatable bonds is 4. The van der Waals surface area contributed by atoms with Crippen molar-refractivity contribution in [1.82, 2.24) is 4.90 Å². The Bertz CT molecular complexity index is 407. The molecule has 0 saturated heterocycles. The van der Waals surface area contributed by atoms with Gasteiger partial charge in [-0.3, -0.25) is 9.69 Å². The van der Waals surface area contributed by atoms with Crippen LogP contribution < -0.4 is 0 Å². The predicted octanol–water partition coefficient (Wildman–Crippen LogP) is 3.44. The minimum Gasteiger partial charge on any atom is -0.296 e. The van der Waals surface area contributed by atoms with Gasteiger partial charge in [0.15, 0.2) is 5.78 Å². The van der Waals surface area contributed by atoms with Gasteiger partial charge in [0.1, 0.15) is 0 Å². The highest BCUT2D eigenvalue weighted by molar-refractivity contribution is 5.97. The number of nitrogens with zero attached hydrogens (tertiary/aromatic N) is 1. The molecule has 2 heteroatoms. The number of Topliss-reactive ketones (excluding diaryl/α,β-unsaturated/α-hetero) is 1. The van der Waals surface area contributed by atoms with Gasteiger partial charge in [-0.05, 0) is 32.9 Å². The molecule has 0 aliphatic heterocycles. The van der Waals surface area contributed by atoms with Crippen LogP contribution in [0.15, 0.2) is 24.3 Å². The molecule has 0 amide bonds. The van der Waals surface area contributed by atoms with Gasteiger partial charge in [0.2, 0.25) is 0 Å². The Morgan fingerprint density at radius 2 is 2.00 bits per heavy atom. The van der Waals surface area contributed by atoms with Crippen LogP contribution in [0.25, 0.3) is 0 Å². The van der Waals surface area contributed by atoms with Crippen LogP contribution in [0.5, 0.6) is 0 Å². The third-order valence-corrected chi connectivity index (χ3v) is 3.93. The van der Waals surface area contributed by atoms with E-state index in [1.165, 1.54) is 32.1 Å². The summed E-state index contributed by atoms with van der Waals surface area (Å²) in [5, 5.41) is 0. The number of aryl methyl sites for hydroxylation is 1. The number of hydrogen-bond acceptors (Lipinski definition) is 2. The van der Waals surface area contributed by atoms with E-state index in [9.17, 15) is 4.79 Å². The van der Waals surface area contributed by atoms with Gasteiger partial charge in [-0.2, -0.15) is 0 Å². The Morgan fingerprint density at radius 3 is 2.67 bits per heavy atom. The Labute approximate surface area is 110 Å². The lowest BCUT2D eigenvalue weighted by molar-refractivity contribution is 0.0899. The van der Waals surface area contributed by atoms with Crippen LogP contribution in [0, 0.1) is 6.92 Å². The summed E-state index contributed by atoms with van der Waals surface area (Å²) in [4.78, 5) is 14.4. The summed E-state index contributed by atoms with van der Waals surface area (Å²) in [7, 11) is 2.09. The molecule has 0 radical (unpaired) electrons. The summed E-state index contributed by atoms with van der Waals surface area (Å²) in [6.45, 7) is 2.58. The lowest BCUT2D eigenvalue weighted by Crippen LogP contribution is -2.37. The Kier molecular flexibility index (Phi) is 4.54. The van der Waals surface area contributed by atoms with Crippen LogP contribution in [-0.4, -0.2) is 30.3 Å². The standard InChI is InChI=1S/C16H23NO/c1-13-7-6-8-14(11-13)16(18)12-17(2)15-9-4-3-5-10-15/h6-8,11,15H,3-5,9-10,12H2,1-2H3. The van der Waals surface area contributed by atoms with Crippen molar-refractivity contribution in [1.29, 1.82) is 0 Å². The molecule has 1 aliphatic carbocycles. The van der Waals surface area contributed by atoms with Gasteiger partial charge in [0, 0.05) is 11.6 Å². The first kappa shape index (κ1) is 13.3. The Hall–Kier alpha value is -1.15. The average molecular weight is 245 g/mol. The molecule has 2 nitrogen and oxygen atoms in total. The second-order valence-electron chi connectivity index (χ2n) is 5.50. The maximum Gasteiger partial charge on any atom is 0.176 e. The fraction of sp³-hybridized carbons (Fsp3) is 0.562. The maximum atomic E-state index is 12.2. The number of benzene rings is 1. The van der Waals surface area contributed by atoms with Crippen molar-refractivity contribution in [2.45, 2.75) is 45.1 Å². The van der Waals surface area contributed by atoms with Crippen molar-refractivity contribution in [3.05, 3.63) is 35.4 Å². The summed E-state index contributed by atoms with van der Waals surface area (Å²) in [6.07, 6.45) is 6.48. The van der Waals surface area contributed by atoms with Crippen molar-refractivity contribution in [2.75, 3.05) is 13.6 Å². The molecule has 0 aromatic heterocycles. The zero-order valence-corrected chi connectivity index (χ0v) is 11.5. The summed E-state index contributed by atoms with van der Waals surface area (Å²) in [6, 6.07) is 8.50. The minimum atomic E-state index is 0.242. The fourth-order valence-electron chi connectivity index (χ4n) is 2.79. The van der Waals surface area contributed by atoms with E-state index in [2.05, 4.69) is 11.9 Å². The molecule has 1 aromatic carbocycles. The average Bonchev–Trinajstić information content (AvgIpc) is 2.39. The molecule has 0 heterocycles. The number of likely N-dealkylation sites (N-methyl/N-ethyl adjacent to an activating group) is 1. The second-order valence-corrected chi connectivity index (χ2v) is 5.50. The van der Waals surface area contributed by atoms with Crippen molar-refractivity contribution >= 4 is 5.78 Å². The molecule has 1 fully saturated rings. The van der Waals surface area contributed by atoms with Gasteiger partial charge in [-0.1, -0.05) is 43.0 Å². The van der Waals surface area contributed by atoms with Gasteiger partial charge in [-0.25, -0.2) is 0 Å². The maximum absolute atomic E-state index is 12.2. The molecular weight excluding hydrogens is 222 g/mol. The van der Waals surface area contributed by atoms with Crippen LogP contribution in [0.2, 0.25) is 0 Å². The van der Waals surface area contributed by atoms with Crippen molar-refractivity contribution in [3.63, 3.8) is 0 Å². The highest BCUT2D eigenvalue weighted by atomic mass is 16.1. The van der Waals surface area contributed by atoms with Crippen LogP contribution >= 0.6 is 0 Å². The first-order valence-corrected chi connectivity index (χ1v) is 6.97. The molecule has 18 heavy (non-hydrogen) atoms. The van der Waals surface area contributed by atoms with Gasteiger partial charge in [0.05, 0.1) is 6.54 Å². The van der Waals surface area contributed by atoms with E-state index in [0.29, 0.717) is 12.6 Å². The van der Waals surface area contributed by atoms with Crippen LogP contribution in [0.3, 0.4) is 0 Å². The Morgan fingerprint density at radius 1 is 1.28 bits per heavy atom. The van der Waals surface area contributed by atoms with E-state index in [4.69, 9.17) is 0 Å². The summed E-state index contributed by atoms with van der Waals surface area (Å²) >= 11 is 0. The number of carbonyl (C=O) groups excluding carboxylic acids is 1. The zero-order valence-electron chi connectivity index (χ0n) is 11.5. The lowest BCUT2D eigenvalue weighted by atomic mass is 9.94. The third-order valence-electron chi connectivity index (χ3n) is 3.93. The van der Waals surface area contributed by atoms with Crippen molar-refractivity contribution in [3.8, 4) is 0 Å². The molecule has 0 atom stereocenters. The largest absolute Gasteiger partial charge is 0.296 e. The fourth-order valence-corrected chi connectivity index (χ4v) is 2.79. The van der Waals surface area contributed by atoms with E-state index in [1.807, 2.05) is 31.2 Å². The monoisotopic (exact) mass is 245 g/mol. The quantitative estimate of drug-likeness (QED) is 0.757. The zero-order chi connectivity index (χ0) is 13.0. The lowest BCUT2D eigenvalue weighted by Gasteiger charge is -2.30.